The van der Waals surface area contributed by atoms with Crippen LogP contribution in [0.15, 0.2) is 30.3 Å². The van der Waals surface area contributed by atoms with Gasteiger partial charge in [-0.25, -0.2) is 0 Å². The highest BCUT2D eigenvalue weighted by Crippen LogP contribution is 2.27. The van der Waals surface area contributed by atoms with Crippen molar-refractivity contribution in [2.24, 2.45) is 5.92 Å². The topological polar surface area (TPSA) is 66.4 Å². The van der Waals surface area contributed by atoms with Gasteiger partial charge in [-0.1, -0.05) is 50.6 Å². The molecule has 0 fully saturated rings. The number of nitrogens with one attached hydrogen (secondary N) is 1. The minimum atomic E-state index is -0.836. The van der Waals surface area contributed by atoms with Crippen LogP contribution in [-0.2, 0) is 9.59 Å². The molecule has 0 saturated carbocycles. The van der Waals surface area contributed by atoms with E-state index in [1.807, 2.05) is 37.3 Å². The number of hydrogen-bond donors (Lipinski definition) is 2. The van der Waals surface area contributed by atoms with Crippen LogP contribution < -0.4 is 5.32 Å². The number of carbonyl (C=O) groups excluding carboxylic acids is 1. The number of carboxylic acid groups (broad SMARTS) is 1. The Morgan fingerprint density at radius 3 is 2.33 bits per heavy atom. The van der Waals surface area contributed by atoms with E-state index in [9.17, 15) is 9.59 Å². The SMILES string of the molecule is CCC(C)C(C(=O)NC(C)CCC(=O)O)c1ccccc1. The number of carboxylic acids is 1. The van der Waals surface area contributed by atoms with Crippen LogP contribution >= 0.6 is 0 Å². The molecule has 3 unspecified atom stereocenters. The molecule has 4 heteroatoms. The zero-order chi connectivity index (χ0) is 15.8. The van der Waals surface area contributed by atoms with Gasteiger partial charge in [-0.2, -0.15) is 0 Å². The summed E-state index contributed by atoms with van der Waals surface area (Å²) in [5, 5.41) is 11.6. The van der Waals surface area contributed by atoms with Crippen LogP contribution in [0.4, 0.5) is 0 Å². The third kappa shape index (κ3) is 5.58. The largest absolute Gasteiger partial charge is 0.481 e. The Kier molecular flexibility index (Phi) is 6.92. The second kappa shape index (κ2) is 8.45. The fourth-order valence-corrected chi connectivity index (χ4v) is 2.38. The Bertz CT molecular complexity index is 458. The number of aliphatic carboxylic acids is 1. The molecule has 1 amide bonds. The van der Waals surface area contributed by atoms with Crippen LogP contribution in [-0.4, -0.2) is 23.0 Å². The molecule has 4 nitrogen and oxygen atoms in total. The van der Waals surface area contributed by atoms with Crippen molar-refractivity contribution in [2.75, 3.05) is 0 Å². The molecule has 0 aromatic heterocycles. The minimum Gasteiger partial charge on any atom is -0.481 e. The first-order valence-electron chi connectivity index (χ1n) is 7.52. The molecular formula is C17H25NO3. The minimum absolute atomic E-state index is 0.0200. The summed E-state index contributed by atoms with van der Waals surface area (Å²) in [6.45, 7) is 5.99. The van der Waals surface area contributed by atoms with Crippen LogP contribution in [0, 0.1) is 5.92 Å². The number of rotatable bonds is 8. The number of benzene rings is 1. The Balaban J connectivity index is 2.75. The Morgan fingerprint density at radius 2 is 1.81 bits per heavy atom. The van der Waals surface area contributed by atoms with Crippen molar-refractivity contribution in [1.29, 1.82) is 0 Å². The fourth-order valence-electron chi connectivity index (χ4n) is 2.38. The molecule has 0 spiro atoms. The summed E-state index contributed by atoms with van der Waals surface area (Å²) in [7, 11) is 0. The van der Waals surface area contributed by atoms with E-state index in [1.165, 1.54) is 0 Å². The second-order valence-corrected chi connectivity index (χ2v) is 5.62. The molecule has 0 radical (unpaired) electrons. The normalized spacial score (nSPS) is 15.0. The number of hydrogen-bond acceptors (Lipinski definition) is 2. The van der Waals surface area contributed by atoms with Gasteiger partial charge in [0, 0.05) is 12.5 Å². The maximum atomic E-state index is 12.5. The molecule has 1 aromatic rings. The van der Waals surface area contributed by atoms with E-state index in [1.54, 1.807) is 0 Å². The van der Waals surface area contributed by atoms with E-state index < -0.39 is 5.97 Å². The summed E-state index contributed by atoms with van der Waals surface area (Å²) in [5.74, 6) is -0.811. The average molecular weight is 291 g/mol. The van der Waals surface area contributed by atoms with Gasteiger partial charge < -0.3 is 10.4 Å². The quantitative estimate of drug-likeness (QED) is 0.773. The third-order valence-electron chi connectivity index (χ3n) is 3.83. The lowest BCUT2D eigenvalue weighted by atomic mass is 9.84. The lowest BCUT2D eigenvalue weighted by Gasteiger charge is -2.24. The summed E-state index contributed by atoms with van der Waals surface area (Å²) < 4.78 is 0. The zero-order valence-corrected chi connectivity index (χ0v) is 13.0. The van der Waals surface area contributed by atoms with Crippen LogP contribution in [0.2, 0.25) is 0 Å². The molecule has 3 atom stereocenters. The molecular weight excluding hydrogens is 266 g/mol. The van der Waals surface area contributed by atoms with Crippen LogP contribution in [0.25, 0.3) is 0 Å². The van der Waals surface area contributed by atoms with Gasteiger partial charge in [-0.15, -0.1) is 0 Å². The van der Waals surface area contributed by atoms with Crippen molar-refractivity contribution in [3.05, 3.63) is 35.9 Å². The van der Waals surface area contributed by atoms with Crippen LogP contribution in [0.3, 0.4) is 0 Å². The van der Waals surface area contributed by atoms with E-state index in [4.69, 9.17) is 5.11 Å². The summed E-state index contributed by atoms with van der Waals surface area (Å²) in [5.41, 5.74) is 1.01. The van der Waals surface area contributed by atoms with Crippen molar-refractivity contribution in [1.82, 2.24) is 5.32 Å². The van der Waals surface area contributed by atoms with E-state index in [-0.39, 0.29) is 30.2 Å². The summed E-state index contributed by atoms with van der Waals surface area (Å²) in [4.78, 5) is 23.1. The average Bonchev–Trinajstić information content (AvgIpc) is 2.46. The van der Waals surface area contributed by atoms with Crippen molar-refractivity contribution in [2.45, 2.75) is 52.0 Å². The maximum absolute atomic E-state index is 12.5. The lowest BCUT2D eigenvalue weighted by molar-refractivity contribution is -0.137. The highest BCUT2D eigenvalue weighted by molar-refractivity contribution is 5.84. The van der Waals surface area contributed by atoms with Crippen molar-refractivity contribution < 1.29 is 14.7 Å². The fraction of sp³-hybridized carbons (Fsp3) is 0.529. The van der Waals surface area contributed by atoms with E-state index in [0.717, 1.165) is 12.0 Å². The standard InChI is InChI=1S/C17H25NO3/c1-4-12(2)16(14-8-6-5-7-9-14)17(21)18-13(3)10-11-15(19)20/h5-9,12-13,16H,4,10-11H2,1-3H3,(H,18,21)(H,19,20). The lowest BCUT2D eigenvalue weighted by Crippen LogP contribution is -2.38. The number of amides is 1. The molecule has 0 saturated heterocycles. The second-order valence-electron chi connectivity index (χ2n) is 5.62. The molecule has 0 bridgehead atoms. The van der Waals surface area contributed by atoms with Gasteiger partial charge in [-0.05, 0) is 24.8 Å². The van der Waals surface area contributed by atoms with Gasteiger partial charge in [0.2, 0.25) is 5.91 Å². The Morgan fingerprint density at radius 1 is 1.19 bits per heavy atom. The predicted octanol–water partition coefficient (Wildman–Crippen LogP) is 3.19. The van der Waals surface area contributed by atoms with Crippen LogP contribution in [0.1, 0.15) is 51.5 Å². The van der Waals surface area contributed by atoms with Gasteiger partial charge >= 0.3 is 5.97 Å². The molecule has 1 aromatic carbocycles. The molecule has 0 aliphatic carbocycles. The maximum Gasteiger partial charge on any atom is 0.303 e. The highest BCUT2D eigenvalue weighted by atomic mass is 16.4. The summed E-state index contributed by atoms with van der Waals surface area (Å²) in [6.07, 6.45) is 1.43. The molecule has 116 valence electrons. The number of carbonyl (C=O) groups is 2. The predicted molar refractivity (Wildman–Crippen MR) is 83.1 cm³/mol. The van der Waals surface area contributed by atoms with Gasteiger partial charge in [0.15, 0.2) is 0 Å². The monoisotopic (exact) mass is 291 g/mol. The van der Waals surface area contributed by atoms with Gasteiger partial charge in [0.25, 0.3) is 0 Å². The smallest absolute Gasteiger partial charge is 0.303 e. The molecule has 21 heavy (non-hydrogen) atoms. The van der Waals surface area contributed by atoms with Gasteiger partial charge in [0.05, 0.1) is 5.92 Å². The first kappa shape index (κ1) is 17.2. The Labute approximate surface area is 126 Å². The van der Waals surface area contributed by atoms with Crippen molar-refractivity contribution >= 4 is 11.9 Å². The van der Waals surface area contributed by atoms with Crippen LogP contribution in [0.5, 0.6) is 0 Å². The van der Waals surface area contributed by atoms with Gasteiger partial charge in [0.1, 0.15) is 0 Å². The molecule has 2 N–H and O–H groups in total. The van der Waals surface area contributed by atoms with Crippen molar-refractivity contribution in [3.63, 3.8) is 0 Å². The third-order valence-corrected chi connectivity index (χ3v) is 3.83. The summed E-state index contributed by atoms with van der Waals surface area (Å²) >= 11 is 0. The molecule has 0 aliphatic rings. The first-order chi connectivity index (χ1) is 9.95. The Hall–Kier alpha value is -1.84. The molecule has 1 rings (SSSR count). The van der Waals surface area contributed by atoms with E-state index >= 15 is 0 Å². The molecule has 0 heterocycles. The summed E-state index contributed by atoms with van der Waals surface area (Å²) in [6, 6.07) is 9.61. The van der Waals surface area contributed by atoms with Crippen molar-refractivity contribution in [3.8, 4) is 0 Å². The van der Waals surface area contributed by atoms with Gasteiger partial charge in [-0.3, -0.25) is 9.59 Å². The molecule has 0 aliphatic heterocycles. The first-order valence-corrected chi connectivity index (χ1v) is 7.52. The van der Waals surface area contributed by atoms with E-state index in [2.05, 4.69) is 19.2 Å². The highest BCUT2D eigenvalue weighted by Gasteiger charge is 2.26. The zero-order valence-electron chi connectivity index (χ0n) is 13.0. The van der Waals surface area contributed by atoms with E-state index in [0.29, 0.717) is 6.42 Å².